The molecule has 4 atom stereocenters. The maximum absolute atomic E-state index is 12.1. The zero-order valence-electron chi connectivity index (χ0n) is 31.8. The van der Waals surface area contributed by atoms with Crippen LogP contribution in [0.25, 0.3) is 0 Å². The number of hydrogen-bond donors (Lipinski definition) is 0. The van der Waals surface area contributed by atoms with E-state index < -0.39 is 48.7 Å². The molecule has 2 unspecified atom stereocenters. The number of aliphatic carboxylic acids is 1. The quantitative estimate of drug-likeness (QED) is 0.123. The zero-order valence-corrected chi connectivity index (χ0v) is 32.6. The molecule has 0 amide bonds. The van der Waals surface area contributed by atoms with E-state index in [9.17, 15) is 43.1 Å². The number of fused-ring (bicyclic) bond motifs is 4. The molecule has 57 heavy (non-hydrogen) atoms. The fraction of sp³-hybridized carbons (Fsp3) is 0.390. The highest BCUT2D eigenvalue weighted by atomic mass is 32.2. The normalized spacial score (nSPS) is 29.3. The highest BCUT2D eigenvalue weighted by Crippen LogP contribution is 2.66. The second kappa shape index (κ2) is 12.7. The number of carboxylic acids is 1. The number of allylic oxidation sites excluding steroid dienone is 10. The third kappa shape index (κ3) is 5.44. The maximum Gasteiger partial charge on any atom is 0.278 e. The van der Waals surface area contributed by atoms with Crippen LogP contribution in [0, 0.1) is 20.2 Å². The third-order valence-corrected chi connectivity index (χ3v) is 14.0. The summed E-state index contributed by atoms with van der Waals surface area (Å²) in [6.45, 7) is 8.51. The summed E-state index contributed by atoms with van der Waals surface area (Å²) in [4.78, 5) is 34.6. The van der Waals surface area contributed by atoms with Gasteiger partial charge in [-0.25, -0.2) is 12.9 Å². The molecule has 9 rings (SSSR count). The van der Waals surface area contributed by atoms with Crippen molar-refractivity contribution in [2.75, 3.05) is 18.0 Å². The highest BCUT2D eigenvalue weighted by Gasteiger charge is 2.82. The average molecular weight is 798 g/mol. The van der Waals surface area contributed by atoms with Crippen LogP contribution in [-0.2, 0) is 35.2 Å². The molecule has 1 fully saturated rings. The van der Waals surface area contributed by atoms with Crippen LogP contribution in [-0.4, -0.2) is 58.7 Å². The summed E-state index contributed by atoms with van der Waals surface area (Å²) in [7, 11) is -4.55. The summed E-state index contributed by atoms with van der Waals surface area (Å²) in [6.07, 6.45) is 11.6. The smallest absolute Gasteiger partial charge is 0.278 e. The molecule has 2 aromatic rings. The highest BCUT2D eigenvalue weighted by molar-refractivity contribution is 7.86. The minimum absolute atomic E-state index is 0.0822. The summed E-state index contributed by atoms with van der Waals surface area (Å²) in [5, 5.41) is 32.3. The molecule has 2 aliphatic carbocycles. The Kier molecular flexibility index (Phi) is 8.54. The predicted molar refractivity (Wildman–Crippen MR) is 205 cm³/mol. The second-order valence-electron chi connectivity index (χ2n) is 16.4. The van der Waals surface area contributed by atoms with Gasteiger partial charge in [0, 0.05) is 85.2 Å². The largest absolute Gasteiger partial charge is 0.743 e. The number of para-hydroxylation sites is 2. The van der Waals surface area contributed by atoms with Gasteiger partial charge in [0.1, 0.15) is 17.2 Å². The number of rotatable bonds is 6. The van der Waals surface area contributed by atoms with Gasteiger partial charge >= 0.3 is 0 Å². The van der Waals surface area contributed by atoms with Gasteiger partial charge < -0.3 is 28.8 Å². The first kappa shape index (κ1) is 38.3. The molecule has 298 valence electrons. The lowest BCUT2D eigenvalue weighted by atomic mass is 9.76. The Balaban J connectivity index is 0.000000160. The van der Waals surface area contributed by atoms with E-state index >= 15 is 0 Å². The van der Waals surface area contributed by atoms with Gasteiger partial charge in [-0.15, -0.1) is 0 Å². The SMILES string of the molecule is CC1(C)c2ccccc2N(CCC(=O)[O-])[C@@]12C=CC1=C(CCC([N+](=O)[O-])=C1)O2.CC1(C)c2ccccc2[N+]2(CC2S(=O)(=O)[O-])[C@@]12C=CC1=C(CCC([N+](=O)[O-])=C1)O2. The maximum atomic E-state index is 12.1. The number of quaternary nitrogens is 1. The Labute approximate surface area is 329 Å². The molecular weight excluding hydrogens is 757 g/mol. The molecule has 0 bridgehead atoms. The Hall–Kier alpha value is -5.58. The van der Waals surface area contributed by atoms with E-state index in [4.69, 9.17) is 9.47 Å². The number of hydrogen-bond acceptors (Lipinski definition) is 12. The molecule has 5 aliphatic heterocycles. The summed E-state index contributed by atoms with van der Waals surface area (Å²) in [6, 6.07) is 15.4. The molecule has 0 radical (unpaired) electrons. The van der Waals surface area contributed by atoms with Crippen molar-refractivity contribution in [3.8, 4) is 0 Å². The van der Waals surface area contributed by atoms with Crippen molar-refractivity contribution in [3.63, 3.8) is 0 Å². The van der Waals surface area contributed by atoms with Crippen molar-refractivity contribution in [2.24, 2.45) is 0 Å². The molecule has 1 saturated heterocycles. The van der Waals surface area contributed by atoms with Crippen LogP contribution < -0.4 is 14.5 Å². The molecule has 5 heterocycles. The summed E-state index contributed by atoms with van der Waals surface area (Å²) in [5.74, 6) is 0.186. The first-order valence-corrected chi connectivity index (χ1v) is 20.2. The number of benzene rings is 2. The van der Waals surface area contributed by atoms with Crippen LogP contribution in [0.2, 0.25) is 0 Å². The van der Waals surface area contributed by atoms with E-state index in [0.29, 0.717) is 41.9 Å². The summed E-state index contributed by atoms with van der Waals surface area (Å²) >= 11 is 0. The topological polar surface area (TPSA) is 205 Å². The molecule has 3 spiro atoms. The lowest BCUT2D eigenvalue weighted by Crippen LogP contribution is -2.61. The van der Waals surface area contributed by atoms with E-state index in [1.807, 2.05) is 79.4 Å². The van der Waals surface area contributed by atoms with Crippen LogP contribution in [0.3, 0.4) is 0 Å². The molecule has 7 aliphatic rings. The Morgan fingerprint density at radius 3 is 1.96 bits per heavy atom. The predicted octanol–water partition coefficient (Wildman–Crippen LogP) is 5.08. The third-order valence-electron chi connectivity index (χ3n) is 12.8. The van der Waals surface area contributed by atoms with Gasteiger partial charge in [-0.3, -0.25) is 20.2 Å². The average Bonchev–Trinajstić information content (AvgIpc) is 3.90. The van der Waals surface area contributed by atoms with Crippen LogP contribution in [0.1, 0.15) is 70.9 Å². The standard InChI is InChI=1S/C21H22N2O5.C20H20N2O6S/c1-20(2)16-5-3-4-6-17(16)22(12-10-19(24)25)21(20)11-9-14-13-15(23(26)27)7-8-18(14)28-21;1-19(2)15-5-3-4-6-16(15)22(12-18(22)29(25,26)27)20(19)10-9-13-11-14(21(23)24)7-8-17(13)28-20/h3-6,9,11,13H,7-8,10,12H2,1-2H3,(H,24,25);3-6,9-11,18H,7-8,12H2,1-2H3/p-1/t21-;18?,20-,22?/m11/s1. The van der Waals surface area contributed by atoms with Gasteiger partial charge in [0.15, 0.2) is 16.7 Å². The number of nitro groups is 2. The molecule has 15 nitrogen and oxygen atoms in total. The van der Waals surface area contributed by atoms with Crippen molar-refractivity contribution in [3.05, 3.63) is 150 Å². The van der Waals surface area contributed by atoms with Crippen LogP contribution in [0.4, 0.5) is 11.4 Å². The fourth-order valence-corrected chi connectivity index (χ4v) is 11.0. The van der Waals surface area contributed by atoms with Crippen LogP contribution in [0.5, 0.6) is 0 Å². The van der Waals surface area contributed by atoms with Crippen molar-refractivity contribution in [2.45, 2.75) is 87.5 Å². The van der Waals surface area contributed by atoms with E-state index in [2.05, 4.69) is 13.8 Å². The molecule has 0 saturated carbocycles. The molecule has 2 aromatic carbocycles. The lowest BCUT2D eigenvalue weighted by Gasteiger charge is -2.48. The first-order valence-electron chi connectivity index (χ1n) is 18.7. The van der Waals surface area contributed by atoms with Gasteiger partial charge in [-0.1, -0.05) is 36.4 Å². The number of carbonyl (C=O) groups excluding carboxylic acids is 1. The summed E-state index contributed by atoms with van der Waals surface area (Å²) < 4.78 is 49.2. The molecular formula is C41H41N4O11S-. The van der Waals surface area contributed by atoms with E-state index in [0.717, 1.165) is 22.5 Å². The zero-order chi connectivity index (χ0) is 40.9. The van der Waals surface area contributed by atoms with Gasteiger partial charge in [-0.05, 0) is 63.6 Å². The first-order chi connectivity index (χ1) is 26.8. The number of anilines is 1. The van der Waals surface area contributed by atoms with Crippen molar-refractivity contribution in [1.82, 2.24) is 4.48 Å². The molecule has 0 aromatic heterocycles. The number of nitrogens with zero attached hydrogens (tertiary/aromatic N) is 4. The Bertz CT molecular complexity index is 2460. The number of carboxylic acid groups (broad SMARTS) is 1. The monoisotopic (exact) mass is 797 g/mol. The Morgan fingerprint density at radius 2 is 1.39 bits per heavy atom. The second-order valence-corrected chi connectivity index (χ2v) is 17.9. The minimum atomic E-state index is -4.55. The molecule has 0 N–H and O–H groups in total. The van der Waals surface area contributed by atoms with E-state index in [1.54, 1.807) is 18.2 Å². The van der Waals surface area contributed by atoms with Crippen LogP contribution >= 0.6 is 0 Å². The van der Waals surface area contributed by atoms with Gasteiger partial charge in [0.05, 0.1) is 20.7 Å². The van der Waals surface area contributed by atoms with Crippen molar-refractivity contribution in [1.29, 1.82) is 0 Å². The Morgan fingerprint density at radius 1 is 0.825 bits per heavy atom. The summed E-state index contributed by atoms with van der Waals surface area (Å²) in [5.41, 5.74) is 2.27. The van der Waals surface area contributed by atoms with Crippen LogP contribution in [0.15, 0.2) is 119 Å². The van der Waals surface area contributed by atoms with Crippen molar-refractivity contribution >= 4 is 27.5 Å². The lowest BCUT2D eigenvalue weighted by molar-refractivity contribution is -0.428. The van der Waals surface area contributed by atoms with E-state index in [-0.39, 0.29) is 46.7 Å². The van der Waals surface area contributed by atoms with E-state index in [1.165, 1.54) is 6.08 Å². The number of carbonyl (C=O) groups is 1. The molecule has 16 heteroatoms. The van der Waals surface area contributed by atoms with Gasteiger partial charge in [0.2, 0.25) is 22.5 Å². The number of ether oxygens (including phenoxy) is 2. The fourth-order valence-electron chi connectivity index (χ4n) is 9.88. The van der Waals surface area contributed by atoms with Crippen molar-refractivity contribution < 1.29 is 42.2 Å². The minimum Gasteiger partial charge on any atom is -0.743 e. The van der Waals surface area contributed by atoms with Gasteiger partial charge in [-0.2, -0.15) is 0 Å². The van der Waals surface area contributed by atoms with Gasteiger partial charge in [0.25, 0.3) is 5.72 Å².